The van der Waals surface area contributed by atoms with Gasteiger partial charge in [-0.25, -0.2) is 4.79 Å². The summed E-state index contributed by atoms with van der Waals surface area (Å²) >= 11 is 0. The Balaban J connectivity index is 4.18. The van der Waals surface area contributed by atoms with E-state index < -0.39 is 43.3 Å². The van der Waals surface area contributed by atoms with Crippen molar-refractivity contribution in [3.05, 3.63) is 12.6 Å². The van der Waals surface area contributed by atoms with Crippen molar-refractivity contribution in [3.63, 3.8) is 0 Å². The molecular formula is C9H14O7. The van der Waals surface area contributed by atoms with Gasteiger partial charge in [-0.15, -0.1) is 0 Å². The number of carbonyl (C=O) groups is 2. The van der Waals surface area contributed by atoms with Crippen LogP contribution in [0.15, 0.2) is 12.6 Å². The predicted molar refractivity (Wildman–Crippen MR) is 51.3 cm³/mol. The largest absolute Gasteiger partial charge is 0.454 e. The second-order valence-corrected chi connectivity index (χ2v) is 2.93. The zero-order valence-corrected chi connectivity index (χ0v) is 8.31. The number of rotatable bonds is 7. The molecule has 7 nitrogen and oxygen atoms in total. The zero-order valence-electron chi connectivity index (χ0n) is 9.31. The van der Waals surface area contributed by atoms with E-state index in [1.54, 1.807) is 0 Å². The summed E-state index contributed by atoms with van der Waals surface area (Å²) in [6, 6.07) is 0. The molecule has 3 atom stereocenters. The Kier molecular flexibility index (Phi) is 5.65. The van der Waals surface area contributed by atoms with Crippen LogP contribution >= 0.6 is 0 Å². The molecule has 4 N–H and O–H groups in total. The van der Waals surface area contributed by atoms with Crippen molar-refractivity contribution in [2.24, 2.45) is 0 Å². The Morgan fingerprint density at radius 1 is 1.44 bits per heavy atom. The lowest BCUT2D eigenvalue weighted by molar-refractivity contribution is -0.152. The number of carbonyl (C=O) groups excluding carboxylic acids is 2. The van der Waals surface area contributed by atoms with Crippen molar-refractivity contribution in [3.8, 4) is 0 Å². The van der Waals surface area contributed by atoms with E-state index in [0.29, 0.717) is 6.55 Å². The van der Waals surface area contributed by atoms with E-state index in [2.05, 4.69) is 4.74 Å². The van der Waals surface area contributed by atoms with Gasteiger partial charge in [-0.3, -0.25) is 4.79 Å². The molecule has 0 aliphatic carbocycles. The Morgan fingerprint density at radius 2 is 2.06 bits per heavy atom. The van der Waals surface area contributed by atoms with Gasteiger partial charge >= 0.3 is 5.97 Å². The van der Waals surface area contributed by atoms with Crippen molar-refractivity contribution in [2.45, 2.75) is 18.3 Å². The van der Waals surface area contributed by atoms with Gasteiger partial charge in [-0.1, -0.05) is 6.55 Å². The molecular weight excluding hydrogens is 220 g/mol. The minimum Gasteiger partial charge on any atom is -0.454 e. The quantitative estimate of drug-likeness (QED) is 0.281. The average molecular weight is 235 g/mol. The van der Waals surface area contributed by atoms with Crippen LogP contribution in [0.25, 0.3) is 0 Å². The van der Waals surface area contributed by atoms with Crippen LogP contribution in [0.4, 0.5) is 0 Å². The molecule has 16 heavy (non-hydrogen) atoms. The third kappa shape index (κ3) is 4.49. The first-order valence-electron chi connectivity index (χ1n) is 4.91. The minimum absolute atomic E-state index is 0.660. The summed E-state index contributed by atoms with van der Waals surface area (Å²) in [6.07, 6.45) is -4.75. The highest BCUT2D eigenvalue weighted by Crippen LogP contribution is 2.01. The van der Waals surface area contributed by atoms with Gasteiger partial charge in [0.2, 0.25) is 5.78 Å². The number of esters is 1. The molecule has 0 fully saturated rings. The molecule has 0 aliphatic rings. The monoisotopic (exact) mass is 235 g/mol. The van der Waals surface area contributed by atoms with E-state index in [9.17, 15) is 14.7 Å². The second kappa shape index (κ2) is 7.07. The van der Waals surface area contributed by atoms with Crippen LogP contribution < -0.4 is 0 Å². The number of Topliss-reactive ketones (excluding diaryl/α,β-unsaturated/α-hetero) is 1. The van der Waals surface area contributed by atoms with Crippen molar-refractivity contribution >= 4 is 11.8 Å². The van der Waals surface area contributed by atoms with Gasteiger partial charge in [0.25, 0.3) is 0 Å². The van der Waals surface area contributed by atoms with Crippen molar-refractivity contribution < 1.29 is 36.1 Å². The highest BCUT2D eigenvalue weighted by Gasteiger charge is 2.30. The SMILES string of the molecule is [2H]C=CC(=O)OCC(=O)[C@@H](O)[C@H](O)[C@H](O)CO. The summed E-state index contributed by atoms with van der Waals surface area (Å²) in [6.45, 7) is -0.972. The fourth-order valence-corrected chi connectivity index (χ4v) is 0.785. The molecule has 0 bridgehead atoms. The molecule has 0 spiro atoms. The molecule has 0 aromatic carbocycles. The molecule has 0 amide bonds. The van der Waals surface area contributed by atoms with Crippen LogP contribution in [-0.2, 0) is 14.3 Å². The summed E-state index contributed by atoms with van der Waals surface area (Å²) < 4.78 is 10.9. The lowest BCUT2D eigenvalue weighted by atomic mass is 10.1. The minimum atomic E-state index is -1.97. The first-order chi connectivity index (χ1) is 7.93. The van der Waals surface area contributed by atoms with Crippen molar-refractivity contribution in [1.29, 1.82) is 0 Å². The maximum atomic E-state index is 11.2. The summed E-state index contributed by atoms with van der Waals surface area (Å²) in [5.41, 5.74) is 0. The van der Waals surface area contributed by atoms with Gasteiger partial charge in [0.05, 0.1) is 7.98 Å². The topological polar surface area (TPSA) is 124 Å². The molecule has 0 saturated carbocycles. The van der Waals surface area contributed by atoms with E-state index in [0.717, 1.165) is 6.08 Å². The Labute approximate surface area is 93.0 Å². The molecule has 7 heteroatoms. The fourth-order valence-electron chi connectivity index (χ4n) is 0.785. The van der Waals surface area contributed by atoms with Crippen LogP contribution in [0, 0.1) is 0 Å². The third-order valence-electron chi connectivity index (χ3n) is 1.73. The molecule has 0 saturated heterocycles. The average Bonchev–Trinajstić information content (AvgIpc) is 2.33. The van der Waals surface area contributed by atoms with E-state index in [1.807, 2.05) is 0 Å². The van der Waals surface area contributed by atoms with Gasteiger partial charge < -0.3 is 25.2 Å². The number of hydrogen-bond donors (Lipinski definition) is 4. The van der Waals surface area contributed by atoms with Crippen molar-refractivity contribution in [1.82, 2.24) is 0 Å². The normalized spacial score (nSPS) is 17.6. The van der Waals surface area contributed by atoms with Gasteiger partial charge in [0.15, 0.2) is 6.61 Å². The van der Waals surface area contributed by atoms with Crippen LogP contribution in [-0.4, -0.2) is 63.7 Å². The number of aliphatic hydroxyl groups excluding tert-OH is 4. The summed E-state index contributed by atoms with van der Waals surface area (Å²) in [7, 11) is 0. The second-order valence-electron chi connectivity index (χ2n) is 2.93. The van der Waals surface area contributed by atoms with E-state index >= 15 is 0 Å². The van der Waals surface area contributed by atoms with Gasteiger partial charge in [0, 0.05) is 6.08 Å². The van der Waals surface area contributed by atoms with E-state index in [4.69, 9.17) is 16.7 Å². The van der Waals surface area contributed by atoms with Crippen LogP contribution in [0.1, 0.15) is 1.37 Å². The Hall–Kier alpha value is -1.28. The lowest BCUT2D eigenvalue weighted by Gasteiger charge is -2.20. The molecule has 0 rings (SSSR count). The zero-order chi connectivity index (χ0) is 13.4. The molecule has 0 heterocycles. The summed E-state index contributed by atoms with van der Waals surface area (Å²) in [5.74, 6) is -1.98. The first kappa shape index (κ1) is 12.8. The third-order valence-corrected chi connectivity index (χ3v) is 1.73. The predicted octanol–water partition coefficient (Wildman–Crippen LogP) is -2.64. The Morgan fingerprint density at radius 3 is 2.56 bits per heavy atom. The molecule has 0 unspecified atom stereocenters. The molecule has 0 aromatic heterocycles. The lowest BCUT2D eigenvalue weighted by Crippen LogP contribution is -2.45. The highest BCUT2D eigenvalue weighted by molar-refractivity contribution is 5.88. The standard InChI is InChI=1S/C9H14O7/c1-2-7(13)16-4-6(12)9(15)8(14)5(11)3-10/h2,5,8-11,14-15H,1,3-4H2/t5-,8-,9-/m1/s1/i1D. The van der Waals surface area contributed by atoms with Crippen LogP contribution in [0.5, 0.6) is 0 Å². The van der Waals surface area contributed by atoms with Crippen LogP contribution in [0.2, 0.25) is 0 Å². The molecule has 0 radical (unpaired) electrons. The maximum absolute atomic E-state index is 11.2. The highest BCUT2D eigenvalue weighted by atomic mass is 16.5. The number of ketones is 1. The van der Waals surface area contributed by atoms with Gasteiger partial charge in [-0.2, -0.15) is 0 Å². The van der Waals surface area contributed by atoms with E-state index in [1.165, 1.54) is 0 Å². The van der Waals surface area contributed by atoms with Crippen molar-refractivity contribution in [2.75, 3.05) is 13.2 Å². The first-order valence-corrected chi connectivity index (χ1v) is 4.33. The van der Waals surface area contributed by atoms with E-state index in [-0.39, 0.29) is 0 Å². The fraction of sp³-hybridized carbons (Fsp3) is 0.556. The van der Waals surface area contributed by atoms with Gasteiger partial charge in [0.1, 0.15) is 18.3 Å². The number of hydrogen-bond acceptors (Lipinski definition) is 7. The maximum Gasteiger partial charge on any atom is 0.330 e. The molecule has 0 aliphatic heterocycles. The number of aliphatic hydroxyl groups is 4. The van der Waals surface area contributed by atoms with Crippen LogP contribution in [0.3, 0.4) is 0 Å². The molecule has 0 aromatic rings. The molecule has 92 valence electrons. The van der Waals surface area contributed by atoms with Gasteiger partial charge in [-0.05, 0) is 0 Å². The Bertz CT molecular complexity index is 291. The smallest absolute Gasteiger partial charge is 0.330 e. The number of ether oxygens (including phenoxy) is 1. The summed E-state index contributed by atoms with van der Waals surface area (Å²) in [5, 5.41) is 35.8. The summed E-state index contributed by atoms with van der Waals surface area (Å²) in [4.78, 5) is 21.9.